The minimum Gasteiger partial charge on any atom is -0.0917 e. The molecule has 0 aliphatic rings. The number of rotatable bonds is 7. The molecule has 0 aliphatic carbocycles. The zero-order valence-corrected chi connectivity index (χ0v) is 10.9. The topological polar surface area (TPSA) is 0 Å². The van der Waals surface area contributed by atoms with E-state index >= 15 is 0 Å². The molecule has 0 aliphatic heterocycles. The second-order valence-electron chi connectivity index (χ2n) is 5.08. The van der Waals surface area contributed by atoms with Crippen molar-refractivity contribution in [2.75, 3.05) is 0 Å². The SMILES string of the molecule is CC=CCCCCCC[Si](C)(C)C. The third-order valence-corrected chi connectivity index (χ3v) is 4.14. The Morgan fingerprint density at radius 2 is 1.54 bits per heavy atom. The highest BCUT2D eigenvalue weighted by Gasteiger charge is 2.10. The molecular weight excluding hydrogens is 172 g/mol. The van der Waals surface area contributed by atoms with Crippen LogP contribution in [0.2, 0.25) is 25.7 Å². The smallest absolute Gasteiger partial charge is 0.0442 e. The maximum Gasteiger partial charge on any atom is 0.0442 e. The summed E-state index contributed by atoms with van der Waals surface area (Å²) in [7, 11) is -0.747. The van der Waals surface area contributed by atoms with Crippen molar-refractivity contribution in [2.24, 2.45) is 0 Å². The molecule has 0 aromatic rings. The van der Waals surface area contributed by atoms with Gasteiger partial charge in [-0.25, -0.2) is 0 Å². The van der Waals surface area contributed by atoms with E-state index in [1.54, 1.807) is 0 Å². The van der Waals surface area contributed by atoms with E-state index < -0.39 is 8.07 Å². The Morgan fingerprint density at radius 1 is 0.923 bits per heavy atom. The van der Waals surface area contributed by atoms with Gasteiger partial charge < -0.3 is 0 Å². The summed E-state index contributed by atoms with van der Waals surface area (Å²) in [6.45, 7) is 9.50. The van der Waals surface area contributed by atoms with Gasteiger partial charge in [-0.05, 0) is 19.8 Å². The molecule has 13 heavy (non-hydrogen) atoms. The Labute approximate surface area is 85.4 Å². The van der Waals surface area contributed by atoms with Crippen molar-refractivity contribution in [1.82, 2.24) is 0 Å². The molecule has 78 valence electrons. The average Bonchev–Trinajstić information content (AvgIpc) is 2.01. The van der Waals surface area contributed by atoms with Crippen molar-refractivity contribution >= 4 is 8.07 Å². The Morgan fingerprint density at radius 3 is 2.08 bits per heavy atom. The van der Waals surface area contributed by atoms with Gasteiger partial charge in [0.1, 0.15) is 0 Å². The molecular formula is C12H26Si. The molecule has 0 bridgehead atoms. The van der Waals surface area contributed by atoms with Gasteiger partial charge in [-0.1, -0.05) is 57.1 Å². The van der Waals surface area contributed by atoms with Crippen LogP contribution in [-0.2, 0) is 0 Å². The van der Waals surface area contributed by atoms with Crippen molar-refractivity contribution in [3.8, 4) is 0 Å². The quantitative estimate of drug-likeness (QED) is 0.312. The van der Waals surface area contributed by atoms with E-state index in [1.807, 2.05) is 0 Å². The third-order valence-electron chi connectivity index (χ3n) is 2.28. The predicted octanol–water partition coefficient (Wildman–Crippen LogP) is 4.85. The largest absolute Gasteiger partial charge is 0.0917 e. The van der Waals surface area contributed by atoms with Gasteiger partial charge >= 0.3 is 0 Å². The first-order chi connectivity index (χ1) is 6.06. The van der Waals surface area contributed by atoms with Gasteiger partial charge in [0.05, 0.1) is 0 Å². The second-order valence-corrected chi connectivity index (χ2v) is 10.7. The van der Waals surface area contributed by atoms with E-state index in [2.05, 4.69) is 38.7 Å². The molecule has 0 saturated carbocycles. The highest BCUT2D eigenvalue weighted by Crippen LogP contribution is 2.14. The van der Waals surface area contributed by atoms with Gasteiger partial charge in [-0.2, -0.15) is 0 Å². The monoisotopic (exact) mass is 198 g/mol. The van der Waals surface area contributed by atoms with Gasteiger partial charge in [0.25, 0.3) is 0 Å². The van der Waals surface area contributed by atoms with Crippen LogP contribution in [0.1, 0.15) is 39.0 Å². The number of allylic oxidation sites excluding steroid dienone is 2. The predicted molar refractivity (Wildman–Crippen MR) is 66.1 cm³/mol. The van der Waals surface area contributed by atoms with Gasteiger partial charge in [0.15, 0.2) is 0 Å². The fraction of sp³-hybridized carbons (Fsp3) is 0.833. The zero-order chi connectivity index (χ0) is 10.2. The summed E-state index contributed by atoms with van der Waals surface area (Å²) in [5.41, 5.74) is 0. The van der Waals surface area contributed by atoms with Crippen molar-refractivity contribution < 1.29 is 0 Å². The maximum atomic E-state index is 2.47. The van der Waals surface area contributed by atoms with Crippen LogP contribution >= 0.6 is 0 Å². The maximum absolute atomic E-state index is 2.47. The van der Waals surface area contributed by atoms with Crippen molar-refractivity contribution in [3.63, 3.8) is 0 Å². The van der Waals surface area contributed by atoms with Crippen LogP contribution in [0.3, 0.4) is 0 Å². The van der Waals surface area contributed by atoms with Crippen LogP contribution < -0.4 is 0 Å². The van der Waals surface area contributed by atoms with E-state index in [0.717, 1.165) is 0 Å². The van der Waals surface area contributed by atoms with Crippen LogP contribution in [0.4, 0.5) is 0 Å². The van der Waals surface area contributed by atoms with Gasteiger partial charge in [0, 0.05) is 8.07 Å². The molecule has 0 amide bonds. The van der Waals surface area contributed by atoms with Gasteiger partial charge in [0.2, 0.25) is 0 Å². The number of unbranched alkanes of at least 4 members (excludes halogenated alkanes) is 4. The van der Waals surface area contributed by atoms with Crippen molar-refractivity contribution in [3.05, 3.63) is 12.2 Å². The molecule has 0 nitrogen and oxygen atoms in total. The van der Waals surface area contributed by atoms with E-state index in [-0.39, 0.29) is 0 Å². The van der Waals surface area contributed by atoms with Crippen LogP contribution in [0.5, 0.6) is 0 Å². The summed E-state index contributed by atoms with van der Waals surface area (Å²) in [6, 6.07) is 1.51. The molecule has 0 spiro atoms. The summed E-state index contributed by atoms with van der Waals surface area (Å²) in [4.78, 5) is 0. The second kappa shape index (κ2) is 7.37. The molecule has 0 radical (unpaired) electrons. The summed E-state index contributed by atoms with van der Waals surface area (Å²) in [5.74, 6) is 0. The molecule has 1 heteroatoms. The molecule has 0 aromatic carbocycles. The van der Waals surface area contributed by atoms with Crippen molar-refractivity contribution in [2.45, 2.75) is 64.7 Å². The third kappa shape index (κ3) is 12.0. The van der Waals surface area contributed by atoms with Gasteiger partial charge in [-0.15, -0.1) is 0 Å². The molecule has 0 fully saturated rings. The highest BCUT2D eigenvalue weighted by molar-refractivity contribution is 6.76. The fourth-order valence-corrected chi connectivity index (χ4v) is 2.75. The highest BCUT2D eigenvalue weighted by atomic mass is 28.3. The Balaban J connectivity index is 3.09. The summed E-state index contributed by atoms with van der Waals surface area (Å²) >= 11 is 0. The Bertz CT molecular complexity index is 131. The summed E-state index contributed by atoms with van der Waals surface area (Å²) in [5, 5.41) is 0. The molecule has 0 N–H and O–H groups in total. The summed E-state index contributed by atoms with van der Waals surface area (Å²) < 4.78 is 0. The van der Waals surface area contributed by atoms with Crippen LogP contribution in [0.25, 0.3) is 0 Å². The first kappa shape index (κ1) is 13.0. The minimum atomic E-state index is -0.747. The molecule has 0 aromatic heterocycles. The van der Waals surface area contributed by atoms with Gasteiger partial charge in [-0.3, -0.25) is 0 Å². The average molecular weight is 198 g/mol. The Hall–Kier alpha value is -0.0431. The van der Waals surface area contributed by atoms with Crippen LogP contribution in [0, 0.1) is 0 Å². The molecule has 0 unspecified atom stereocenters. The standard InChI is InChI=1S/C12H26Si/c1-5-6-7-8-9-10-11-12-13(2,3)4/h5-6H,7-12H2,1-4H3. The number of hydrogen-bond acceptors (Lipinski definition) is 0. The van der Waals surface area contributed by atoms with E-state index in [4.69, 9.17) is 0 Å². The molecule has 0 rings (SSSR count). The number of hydrogen-bond donors (Lipinski definition) is 0. The first-order valence-electron chi connectivity index (χ1n) is 5.67. The van der Waals surface area contributed by atoms with E-state index in [0.29, 0.717) is 0 Å². The zero-order valence-electron chi connectivity index (χ0n) is 9.90. The molecule has 0 saturated heterocycles. The Kier molecular flexibility index (Phi) is 7.34. The molecule has 0 atom stereocenters. The summed E-state index contributed by atoms with van der Waals surface area (Å²) in [6.07, 6.45) is 11.4. The first-order valence-corrected chi connectivity index (χ1v) is 9.38. The molecule has 0 heterocycles. The lowest BCUT2D eigenvalue weighted by Crippen LogP contribution is -2.18. The van der Waals surface area contributed by atoms with Crippen LogP contribution in [0.15, 0.2) is 12.2 Å². The lowest BCUT2D eigenvalue weighted by Gasteiger charge is -2.14. The van der Waals surface area contributed by atoms with Crippen LogP contribution in [-0.4, -0.2) is 8.07 Å². The lowest BCUT2D eigenvalue weighted by molar-refractivity contribution is 0.670. The fourth-order valence-electron chi connectivity index (χ4n) is 1.44. The van der Waals surface area contributed by atoms with Crippen molar-refractivity contribution in [1.29, 1.82) is 0 Å². The normalized spacial score (nSPS) is 12.6. The van der Waals surface area contributed by atoms with E-state index in [1.165, 1.54) is 38.1 Å². The lowest BCUT2D eigenvalue weighted by atomic mass is 10.1. The minimum absolute atomic E-state index is 0.747. The van der Waals surface area contributed by atoms with E-state index in [9.17, 15) is 0 Å².